The van der Waals surface area contributed by atoms with Crippen molar-refractivity contribution in [3.8, 4) is 0 Å². The maximum Gasteiger partial charge on any atom is 0.185 e. The molecule has 118 valence electrons. The van der Waals surface area contributed by atoms with Gasteiger partial charge in [-0.15, -0.1) is 0 Å². The van der Waals surface area contributed by atoms with E-state index in [1.165, 1.54) is 0 Å². The predicted molar refractivity (Wildman–Crippen MR) is 90.7 cm³/mol. The van der Waals surface area contributed by atoms with Gasteiger partial charge in [0.05, 0.1) is 30.8 Å². The zero-order valence-corrected chi connectivity index (χ0v) is 13.4. The number of rotatable bonds is 5. The predicted octanol–water partition coefficient (Wildman–Crippen LogP) is -0.240. The molecular weight excluding hydrogens is 298 g/mol. The van der Waals surface area contributed by atoms with Crippen LogP contribution < -0.4 is 15.6 Å². The number of ether oxygens (including phenoxy) is 1. The van der Waals surface area contributed by atoms with Gasteiger partial charge in [-0.3, -0.25) is 5.43 Å². The van der Waals surface area contributed by atoms with Crippen molar-refractivity contribution in [2.45, 2.75) is 6.42 Å². The average molecular weight is 320 g/mol. The number of fused-ring (bicyclic) bond motifs is 1. The number of para-hydroxylation sites is 2. The summed E-state index contributed by atoms with van der Waals surface area (Å²) in [6.45, 7) is 6.04. The summed E-state index contributed by atoms with van der Waals surface area (Å²) in [6.07, 6.45) is 2.85. The molecule has 2 heterocycles. The number of imidazole rings is 1. The molecule has 3 rings (SSSR count). The standard InChI is InChI=1S/C15H21N5OS/c22-15(16-6-3-7-19-8-10-21-11-9-19)18-20-12-17-13-4-1-2-5-14(13)20/h1-2,4-5,12H,3,6-11H2,(H2,16,18,22)/p+1. The molecule has 1 aliphatic heterocycles. The second kappa shape index (κ2) is 7.53. The van der Waals surface area contributed by atoms with Crippen LogP contribution in [0.15, 0.2) is 30.6 Å². The van der Waals surface area contributed by atoms with Gasteiger partial charge >= 0.3 is 0 Å². The molecule has 0 saturated carbocycles. The summed E-state index contributed by atoms with van der Waals surface area (Å²) in [4.78, 5) is 5.95. The van der Waals surface area contributed by atoms with Gasteiger partial charge in [0.15, 0.2) is 5.11 Å². The maximum atomic E-state index is 5.36. The normalized spacial score (nSPS) is 15.8. The average Bonchev–Trinajstić information content (AvgIpc) is 2.96. The zero-order valence-electron chi connectivity index (χ0n) is 12.5. The molecular formula is C15H22N5OS+. The van der Waals surface area contributed by atoms with Gasteiger partial charge in [-0.1, -0.05) is 12.1 Å². The quantitative estimate of drug-likeness (QED) is 0.524. The van der Waals surface area contributed by atoms with Crippen LogP contribution in [0.25, 0.3) is 11.0 Å². The number of hydrogen-bond acceptors (Lipinski definition) is 3. The lowest BCUT2D eigenvalue weighted by Crippen LogP contribution is -3.14. The molecule has 1 aromatic heterocycles. The molecule has 1 saturated heterocycles. The number of benzene rings is 1. The van der Waals surface area contributed by atoms with Crippen molar-refractivity contribution in [1.82, 2.24) is 15.0 Å². The highest BCUT2D eigenvalue weighted by Gasteiger charge is 2.12. The van der Waals surface area contributed by atoms with Crippen LogP contribution in [0.2, 0.25) is 0 Å². The molecule has 22 heavy (non-hydrogen) atoms. The van der Waals surface area contributed by atoms with Crippen molar-refractivity contribution in [3.63, 3.8) is 0 Å². The van der Waals surface area contributed by atoms with Crippen LogP contribution in [0.1, 0.15) is 6.42 Å². The Morgan fingerprint density at radius 1 is 1.32 bits per heavy atom. The third-order valence-corrected chi connectivity index (χ3v) is 4.10. The first-order chi connectivity index (χ1) is 10.8. The van der Waals surface area contributed by atoms with Crippen LogP contribution in [-0.4, -0.2) is 54.2 Å². The minimum Gasteiger partial charge on any atom is -0.370 e. The van der Waals surface area contributed by atoms with E-state index in [1.54, 1.807) is 11.2 Å². The Kier molecular flexibility index (Phi) is 5.20. The maximum absolute atomic E-state index is 5.36. The molecule has 1 aliphatic rings. The molecule has 0 bridgehead atoms. The molecule has 7 heteroatoms. The summed E-state index contributed by atoms with van der Waals surface area (Å²) in [5.74, 6) is 0. The highest BCUT2D eigenvalue weighted by molar-refractivity contribution is 7.80. The first kappa shape index (κ1) is 15.2. The van der Waals surface area contributed by atoms with Crippen LogP contribution in [0.3, 0.4) is 0 Å². The number of thiocarbonyl (C=S) groups is 1. The molecule has 1 aromatic carbocycles. The first-order valence-electron chi connectivity index (χ1n) is 7.71. The lowest BCUT2D eigenvalue weighted by Gasteiger charge is -2.23. The molecule has 0 spiro atoms. The van der Waals surface area contributed by atoms with Crippen molar-refractivity contribution < 1.29 is 9.64 Å². The Morgan fingerprint density at radius 3 is 3.00 bits per heavy atom. The second-order valence-corrected chi connectivity index (χ2v) is 5.85. The topological polar surface area (TPSA) is 55.5 Å². The number of morpholine rings is 1. The van der Waals surface area contributed by atoms with Crippen LogP contribution in [0, 0.1) is 0 Å². The Balaban J connectivity index is 1.41. The molecule has 6 nitrogen and oxygen atoms in total. The number of hydrogen-bond donors (Lipinski definition) is 3. The van der Waals surface area contributed by atoms with E-state index in [1.807, 2.05) is 28.9 Å². The molecule has 0 atom stereocenters. The highest BCUT2D eigenvalue weighted by atomic mass is 32.1. The fourth-order valence-electron chi connectivity index (χ4n) is 2.65. The Labute approximate surface area is 135 Å². The van der Waals surface area contributed by atoms with Crippen molar-refractivity contribution in [1.29, 1.82) is 0 Å². The van der Waals surface area contributed by atoms with Gasteiger partial charge in [-0.25, -0.2) is 9.66 Å². The zero-order chi connectivity index (χ0) is 15.2. The van der Waals surface area contributed by atoms with Crippen molar-refractivity contribution in [3.05, 3.63) is 30.6 Å². The summed E-state index contributed by atoms with van der Waals surface area (Å²) < 4.78 is 7.21. The van der Waals surface area contributed by atoms with Crippen molar-refractivity contribution >= 4 is 28.4 Å². The van der Waals surface area contributed by atoms with Gasteiger partial charge in [-0.2, -0.15) is 0 Å². The summed E-state index contributed by atoms with van der Waals surface area (Å²) >= 11 is 5.34. The molecule has 0 unspecified atom stereocenters. The molecule has 0 aliphatic carbocycles. The fraction of sp³-hybridized carbons (Fsp3) is 0.467. The third kappa shape index (κ3) is 3.94. The lowest BCUT2D eigenvalue weighted by atomic mass is 10.3. The van der Waals surface area contributed by atoms with Gasteiger partial charge < -0.3 is 15.0 Å². The fourth-order valence-corrected chi connectivity index (χ4v) is 2.85. The van der Waals surface area contributed by atoms with E-state index in [9.17, 15) is 0 Å². The van der Waals surface area contributed by atoms with E-state index in [2.05, 4.69) is 15.7 Å². The van der Waals surface area contributed by atoms with E-state index in [-0.39, 0.29) is 0 Å². The van der Waals surface area contributed by atoms with Gasteiger partial charge in [0.25, 0.3) is 0 Å². The summed E-state index contributed by atoms with van der Waals surface area (Å²) in [5, 5.41) is 3.88. The van der Waals surface area contributed by atoms with E-state index in [0.717, 1.165) is 56.8 Å². The van der Waals surface area contributed by atoms with Crippen LogP contribution in [0.4, 0.5) is 0 Å². The summed E-state index contributed by atoms with van der Waals surface area (Å²) in [5.41, 5.74) is 5.12. The van der Waals surface area contributed by atoms with Crippen LogP contribution in [0.5, 0.6) is 0 Å². The first-order valence-corrected chi connectivity index (χ1v) is 8.12. The van der Waals surface area contributed by atoms with E-state index >= 15 is 0 Å². The van der Waals surface area contributed by atoms with Gasteiger partial charge in [0.1, 0.15) is 19.4 Å². The smallest absolute Gasteiger partial charge is 0.185 e. The van der Waals surface area contributed by atoms with Crippen LogP contribution in [-0.2, 0) is 4.74 Å². The molecule has 0 radical (unpaired) electrons. The highest BCUT2D eigenvalue weighted by Crippen LogP contribution is 2.09. The molecule has 1 fully saturated rings. The number of nitrogens with one attached hydrogen (secondary N) is 3. The minimum absolute atomic E-state index is 0.625. The SMILES string of the molecule is S=C(NCCC[NH+]1CCOCC1)Nn1cnc2ccccc21. The van der Waals surface area contributed by atoms with Gasteiger partial charge in [0.2, 0.25) is 0 Å². The number of nitrogens with zero attached hydrogens (tertiary/aromatic N) is 2. The molecule has 0 amide bonds. The monoisotopic (exact) mass is 320 g/mol. The van der Waals surface area contributed by atoms with Crippen molar-refractivity contribution in [2.24, 2.45) is 0 Å². The minimum atomic E-state index is 0.625. The molecule has 2 aromatic rings. The Bertz CT molecular complexity index is 623. The number of aromatic nitrogens is 2. The second-order valence-electron chi connectivity index (χ2n) is 5.44. The number of quaternary nitrogens is 1. The lowest BCUT2D eigenvalue weighted by molar-refractivity contribution is -0.908. The summed E-state index contributed by atoms with van der Waals surface area (Å²) in [7, 11) is 0. The Hall–Kier alpha value is -1.70. The largest absolute Gasteiger partial charge is 0.370 e. The summed E-state index contributed by atoms with van der Waals surface area (Å²) in [6, 6.07) is 7.96. The van der Waals surface area contributed by atoms with E-state index in [0.29, 0.717) is 5.11 Å². The van der Waals surface area contributed by atoms with Gasteiger partial charge in [0, 0.05) is 13.0 Å². The van der Waals surface area contributed by atoms with Crippen LogP contribution >= 0.6 is 12.2 Å². The van der Waals surface area contributed by atoms with Gasteiger partial charge in [-0.05, 0) is 24.4 Å². The van der Waals surface area contributed by atoms with E-state index in [4.69, 9.17) is 17.0 Å². The third-order valence-electron chi connectivity index (χ3n) is 3.87. The van der Waals surface area contributed by atoms with E-state index < -0.39 is 0 Å². The van der Waals surface area contributed by atoms with Crippen molar-refractivity contribution in [2.75, 3.05) is 44.8 Å². The Morgan fingerprint density at radius 2 is 2.14 bits per heavy atom. The molecule has 3 N–H and O–H groups in total.